The first-order valence-electron chi connectivity index (χ1n) is 8.46. The Kier molecular flexibility index (Phi) is 4.79. The molecule has 0 unspecified atom stereocenters. The Bertz CT molecular complexity index is 1090. The minimum atomic E-state index is -1.28. The number of fused-ring (bicyclic) bond motifs is 2. The van der Waals surface area contributed by atoms with E-state index in [9.17, 15) is 24.0 Å². The predicted octanol–water partition coefficient (Wildman–Crippen LogP) is 0.899. The number of ether oxygens (including phenoxy) is 1. The minimum Gasteiger partial charge on any atom is -0.480 e. The molecule has 3 atom stereocenters. The molecule has 0 saturated carbocycles. The first-order valence-corrected chi connectivity index (χ1v) is 10.2. The fraction of sp³-hybridized carbons (Fsp3) is 0.278. The number of hydrogen-bond donors (Lipinski definition) is 2. The van der Waals surface area contributed by atoms with E-state index < -0.39 is 47.4 Å². The van der Waals surface area contributed by atoms with Gasteiger partial charge in [-0.15, -0.1) is 0 Å². The zero-order valence-electron chi connectivity index (χ0n) is 14.9. The number of H-pyrrole nitrogens is 1. The highest BCUT2D eigenvalue weighted by Gasteiger charge is 2.56. The van der Waals surface area contributed by atoms with E-state index in [4.69, 9.17) is 5.11 Å². The van der Waals surface area contributed by atoms with Crippen LogP contribution >= 0.6 is 23.1 Å². The maximum absolute atomic E-state index is 13.0. The quantitative estimate of drug-likeness (QED) is 0.536. The van der Waals surface area contributed by atoms with Crippen molar-refractivity contribution in [1.82, 2.24) is 9.88 Å². The Morgan fingerprint density at radius 2 is 1.86 bits per heavy atom. The summed E-state index contributed by atoms with van der Waals surface area (Å²) in [5.74, 6) is -4.40. The summed E-state index contributed by atoms with van der Waals surface area (Å²) in [6, 6.07) is 6.39. The summed E-state index contributed by atoms with van der Waals surface area (Å²) in [4.78, 5) is 64.2. The van der Waals surface area contributed by atoms with Crippen LogP contribution in [0.15, 0.2) is 34.1 Å². The van der Waals surface area contributed by atoms with Gasteiger partial charge in [0.25, 0.3) is 0 Å². The van der Waals surface area contributed by atoms with E-state index in [2.05, 4.69) is 9.72 Å². The summed E-state index contributed by atoms with van der Waals surface area (Å²) < 4.78 is 4.69. The number of methoxy groups -OCH3 is 1. The number of carbonyl (C=O) groups excluding carboxylic acids is 3. The number of hydrogen-bond acceptors (Lipinski definition) is 8. The van der Waals surface area contributed by atoms with Crippen LogP contribution in [0.4, 0.5) is 0 Å². The second-order valence-electron chi connectivity index (χ2n) is 6.52. The van der Waals surface area contributed by atoms with E-state index in [1.807, 2.05) is 0 Å². The molecule has 1 aromatic carbocycles. The Balaban J connectivity index is 1.80. The minimum absolute atomic E-state index is 0.305. The molecule has 0 aliphatic carbocycles. The van der Waals surface area contributed by atoms with Crippen molar-refractivity contribution >= 4 is 46.9 Å². The molecule has 1 saturated heterocycles. The van der Waals surface area contributed by atoms with Crippen molar-refractivity contribution in [2.45, 2.75) is 16.2 Å². The fourth-order valence-electron chi connectivity index (χ4n) is 3.67. The molecule has 2 aliphatic heterocycles. The maximum Gasteiger partial charge on any atom is 0.337 e. The number of amides is 2. The van der Waals surface area contributed by atoms with Crippen LogP contribution in [-0.4, -0.2) is 57.6 Å². The van der Waals surface area contributed by atoms with Gasteiger partial charge in [0.05, 0.1) is 23.6 Å². The monoisotopic (exact) mass is 434 g/mol. The van der Waals surface area contributed by atoms with Crippen LogP contribution in [0.2, 0.25) is 0 Å². The summed E-state index contributed by atoms with van der Waals surface area (Å²) >= 11 is 2.03. The number of imide groups is 1. The van der Waals surface area contributed by atoms with Gasteiger partial charge in [-0.25, -0.2) is 4.79 Å². The molecule has 0 bridgehead atoms. The van der Waals surface area contributed by atoms with Crippen molar-refractivity contribution < 1.29 is 29.0 Å². The normalized spacial score (nSPS) is 22.9. The van der Waals surface area contributed by atoms with Gasteiger partial charge < -0.3 is 14.8 Å². The highest BCUT2D eigenvalue weighted by molar-refractivity contribution is 8.00. The lowest BCUT2D eigenvalue weighted by Crippen LogP contribution is -2.36. The Morgan fingerprint density at radius 3 is 2.48 bits per heavy atom. The highest BCUT2D eigenvalue weighted by Crippen LogP contribution is 2.52. The molecule has 29 heavy (non-hydrogen) atoms. The molecule has 2 aliphatic rings. The van der Waals surface area contributed by atoms with Gasteiger partial charge in [0.1, 0.15) is 11.8 Å². The lowest BCUT2D eigenvalue weighted by atomic mass is 9.83. The van der Waals surface area contributed by atoms with Crippen molar-refractivity contribution in [2.75, 3.05) is 13.7 Å². The number of thioether (sulfide) groups is 1. The number of carbonyl (C=O) groups is 4. The number of aliphatic carboxylic acids is 1. The lowest BCUT2D eigenvalue weighted by molar-refractivity contribution is -0.149. The van der Waals surface area contributed by atoms with Crippen molar-refractivity contribution in [3.8, 4) is 0 Å². The first kappa shape index (κ1) is 19.4. The number of aromatic amines is 1. The molecule has 2 N–H and O–H groups in total. The van der Waals surface area contributed by atoms with Gasteiger partial charge in [0.2, 0.25) is 11.8 Å². The molecular weight excluding hydrogens is 420 g/mol. The fourth-order valence-corrected chi connectivity index (χ4v) is 6.21. The second-order valence-corrected chi connectivity index (χ2v) is 8.69. The van der Waals surface area contributed by atoms with Crippen molar-refractivity contribution in [1.29, 1.82) is 0 Å². The molecule has 0 spiro atoms. The number of benzene rings is 1. The molecule has 1 fully saturated rings. The number of carboxylic acids is 1. The molecule has 150 valence electrons. The van der Waals surface area contributed by atoms with E-state index in [0.29, 0.717) is 21.0 Å². The van der Waals surface area contributed by atoms with Gasteiger partial charge in [-0.2, -0.15) is 0 Å². The van der Waals surface area contributed by atoms with Gasteiger partial charge in [-0.1, -0.05) is 35.2 Å². The largest absolute Gasteiger partial charge is 0.480 e. The van der Waals surface area contributed by atoms with Crippen LogP contribution in [0.3, 0.4) is 0 Å². The summed E-state index contributed by atoms with van der Waals surface area (Å²) in [5.41, 5.74) is 0.963. The molecule has 3 heterocycles. The number of aromatic nitrogens is 1. The molecule has 0 radical (unpaired) electrons. The van der Waals surface area contributed by atoms with Crippen LogP contribution in [0.5, 0.6) is 0 Å². The maximum atomic E-state index is 13.0. The van der Waals surface area contributed by atoms with Crippen molar-refractivity contribution in [2.24, 2.45) is 5.92 Å². The Labute approximate surface area is 171 Å². The number of esters is 1. The molecule has 2 aromatic rings. The average molecular weight is 434 g/mol. The summed E-state index contributed by atoms with van der Waals surface area (Å²) in [7, 11) is 1.27. The zero-order chi connectivity index (χ0) is 20.9. The van der Waals surface area contributed by atoms with E-state index >= 15 is 0 Å². The SMILES string of the molecule is COC(=O)c1ccc([C@@H]2c3sc(=O)[nH]c3S[C@H]3C(=O)N(CC(=O)O)C(=O)[C@H]23)cc1. The number of likely N-dealkylation sites (tertiary alicyclic amines) is 1. The zero-order valence-corrected chi connectivity index (χ0v) is 16.5. The Morgan fingerprint density at radius 1 is 1.17 bits per heavy atom. The number of carboxylic acid groups (broad SMARTS) is 1. The third kappa shape index (κ3) is 3.15. The Hall–Kier alpha value is -2.92. The van der Waals surface area contributed by atoms with Crippen LogP contribution in [0.25, 0.3) is 0 Å². The highest BCUT2D eigenvalue weighted by atomic mass is 32.2. The summed E-state index contributed by atoms with van der Waals surface area (Å²) in [6.45, 7) is -0.705. The van der Waals surface area contributed by atoms with Crippen LogP contribution < -0.4 is 4.87 Å². The van der Waals surface area contributed by atoms with Gasteiger partial charge in [0, 0.05) is 10.8 Å². The van der Waals surface area contributed by atoms with Gasteiger partial charge in [-0.05, 0) is 17.7 Å². The third-order valence-corrected chi connectivity index (χ3v) is 7.30. The third-order valence-electron chi connectivity index (χ3n) is 4.90. The second kappa shape index (κ2) is 7.16. The summed E-state index contributed by atoms with van der Waals surface area (Å²) in [5, 5.41) is 8.73. The first-order chi connectivity index (χ1) is 13.8. The van der Waals surface area contributed by atoms with Crippen LogP contribution in [0, 0.1) is 5.92 Å². The van der Waals surface area contributed by atoms with Crippen LogP contribution in [-0.2, 0) is 19.1 Å². The van der Waals surface area contributed by atoms with E-state index in [-0.39, 0.29) is 4.87 Å². The smallest absolute Gasteiger partial charge is 0.337 e. The summed E-state index contributed by atoms with van der Waals surface area (Å²) in [6.07, 6.45) is 0. The molecule has 9 nitrogen and oxygen atoms in total. The average Bonchev–Trinajstić information content (AvgIpc) is 3.18. The van der Waals surface area contributed by atoms with Crippen molar-refractivity contribution in [3.05, 3.63) is 49.9 Å². The molecule has 2 amide bonds. The van der Waals surface area contributed by atoms with E-state index in [1.54, 1.807) is 24.3 Å². The molecule has 4 rings (SSSR count). The molecule has 11 heteroatoms. The van der Waals surface area contributed by atoms with Crippen LogP contribution in [0.1, 0.15) is 26.7 Å². The predicted molar refractivity (Wildman–Crippen MR) is 102 cm³/mol. The number of rotatable bonds is 4. The van der Waals surface area contributed by atoms with Gasteiger partial charge >= 0.3 is 16.8 Å². The number of nitrogens with zero attached hydrogens (tertiary/aromatic N) is 1. The van der Waals surface area contributed by atoms with E-state index in [1.165, 1.54) is 7.11 Å². The molecular formula is C18H14N2O7S2. The van der Waals surface area contributed by atoms with Gasteiger partial charge in [-0.3, -0.25) is 24.1 Å². The van der Waals surface area contributed by atoms with Crippen molar-refractivity contribution in [3.63, 3.8) is 0 Å². The number of thiazole rings is 1. The standard InChI is InChI=1S/C18H14N2O7S2/c1-27-17(25)8-4-2-7(3-5-8)10-11-13(28-14-12(10)29-18(26)19-14)16(24)20(15(11)23)6-9(21)22/h2-5,10-11,13H,6H2,1H3,(H,19,26)(H,21,22)/t10-,11+,13+/m0/s1. The lowest BCUT2D eigenvalue weighted by Gasteiger charge is -2.29. The molecule has 1 aromatic heterocycles. The number of nitrogens with one attached hydrogen (secondary N) is 1. The topological polar surface area (TPSA) is 134 Å². The van der Waals surface area contributed by atoms with E-state index in [0.717, 1.165) is 28.0 Å². The van der Waals surface area contributed by atoms with Gasteiger partial charge in [0.15, 0.2) is 0 Å².